The molecule has 7 heteroatoms. The predicted octanol–water partition coefficient (Wildman–Crippen LogP) is 6.59. The summed E-state index contributed by atoms with van der Waals surface area (Å²) in [6.45, 7) is 3.08. The Labute approximate surface area is 204 Å². The van der Waals surface area contributed by atoms with Crippen molar-refractivity contribution in [2.24, 2.45) is 5.92 Å². The first kappa shape index (κ1) is 23.0. The van der Waals surface area contributed by atoms with Crippen LogP contribution in [-0.2, 0) is 11.2 Å². The number of likely N-dealkylation sites (tertiary alicyclic amines) is 1. The van der Waals surface area contributed by atoms with Gasteiger partial charge in [-0.15, -0.1) is 0 Å². The van der Waals surface area contributed by atoms with E-state index in [0.29, 0.717) is 29.4 Å². The molecule has 1 aliphatic heterocycles. The molecule has 1 saturated heterocycles. The van der Waals surface area contributed by atoms with Crippen LogP contribution >= 0.6 is 11.6 Å². The molecule has 0 bridgehead atoms. The number of aryl methyl sites for hydroxylation is 1. The maximum absolute atomic E-state index is 13.6. The molecule has 5 rings (SSSR count). The second-order valence-corrected chi connectivity index (χ2v) is 10.1. The molecule has 5 nitrogen and oxygen atoms in total. The van der Waals surface area contributed by atoms with E-state index in [4.69, 9.17) is 11.6 Å². The number of carbonyl (C=O) groups excluding carboxylic acids is 1. The quantitative estimate of drug-likeness (QED) is 0.447. The summed E-state index contributed by atoms with van der Waals surface area (Å²) in [6.07, 6.45) is 9.96. The second-order valence-electron chi connectivity index (χ2n) is 9.69. The molecule has 1 aromatic heterocycles. The molecule has 2 heterocycles. The van der Waals surface area contributed by atoms with Gasteiger partial charge in [0.1, 0.15) is 18.0 Å². The molecule has 0 unspecified atom stereocenters. The minimum absolute atomic E-state index is 0.0711. The average molecular weight is 481 g/mol. The number of fused-ring (bicyclic) bond motifs is 1. The lowest BCUT2D eigenvalue weighted by Crippen LogP contribution is -2.45. The van der Waals surface area contributed by atoms with Crippen LogP contribution in [0.25, 0.3) is 10.9 Å². The van der Waals surface area contributed by atoms with E-state index in [1.807, 2.05) is 0 Å². The van der Waals surface area contributed by atoms with Gasteiger partial charge in [-0.3, -0.25) is 4.79 Å². The van der Waals surface area contributed by atoms with E-state index in [0.717, 1.165) is 68.8 Å². The average Bonchev–Trinajstić information content (AvgIpc) is 2.83. The van der Waals surface area contributed by atoms with E-state index in [2.05, 4.69) is 39.2 Å². The molecule has 2 aliphatic rings. The Bertz CT molecular complexity index is 1210. The summed E-state index contributed by atoms with van der Waals surface area (Å²) in [5, 5.41) is 4.28. The van der Waals surface area contributed by atoms with Crippen molar-refractivity contribution >= 4 is 39.9 Å². The monoisotopic (exact) mass is 480 g/mol. The Balaban J connectivity index is 1.32. The third-order valence-corrected chi connectivity index (χ3v) is 7.69. The SMILES string of the molecule is Cc1cc2ncnc(Nc3ccc(F)c(Cl)c3)c2cc1CC1CCC(N2CCCCC2=O)CC1. The topological polar surface area (TPSA) is 58.1 Å². The lowest BCUT2D eigenvalue weighted by Gasteiger charge is -2.39. The highest BCUT2D eigenvalue weighted by Gasteiger charge is 2.30. The number of benzene rings is 2. The number of anilines is 2. The van der Waals surface area contributed by atoms with Crippen molar-refractivity contribution in [3.05, 3.63) is 58.6 Å². The van der Waals surface area contributed by atoms with Crippen molar-refractivity contribution in [3.8, 4) is 0 Å². The van der Waals surface area contributed by atoms with Gasteiger partial charge in [0.25, 0.3) is 0 Å². The van der Waals surface area contributed by atoms with Crippen LogP contribution in [0.2, 0.25) is 5.02 Å². The maximum atomic E-state index is 13.6. The number of amides is 1. The zero-order valence-electron chi connectivity index (χ0n) is 19.5. The fourth-order valence-corrected chi connectivity index (χ4v) is 5.65. The highest BCUT2D eigenvalue weighted by atomic mass is 35.5. The van der Waals surface area contributed by atoms with Crippen molar-refractivity contribution in [1.29, 1.82) is 0 Å². The van der Waals surface area contributed by atoms with Crippen molar-refractivity contribution < 1.29 is 9.18 Å². The summed E-state index contributed by atoms with van der Waals surface area (Å²) < 4.78 is 13.6. The van der Waals surface area contributed by atoms with E-state index >= 15 is 0 Å². The van der Waals surface area contributed by atoms with Gasteiger partial charge in [0.2, 0.25) is 5.91 Å². The van der Waals surface area contributed by atoms with E-state index < -0.39 is 5.82 Å². The molecular formula is C27H30ClFN4O. The molecule has 0 atom stereocenters. The maximum Gasteiger partial charge on any atom is 0.222 e. The molecular weight excluding hydrogens is 451 g/mol. The number of piperidine rings is 1. The van der Waals surface area contributed by atoms with Crippen LogP contribution < -0.4 is 5.32 Å². The van der Waals surface area contributed by atoms with Crippen molar-refractivity contribution in [1.82, 2.24) is 14.9 Å². The number of nitrogens with one attached hydrogen (secondary N) is 1. The summed E-state index contributed by atoms with van der Waals surface area (Å²) in [5.74, 6) is 1.20. The standard InChI is InChI=1S/C27H30ClFN4O/c1-17-12-25-22(27(31-16-30-25)32-20-7-10-24(29)23(28)15-20)14-19(17)13-18-5-8-21(9-6-18)33-11-3-2-4-26(33)34/h7,10,12,14-16,18,21H,2-6,8-9,11,13H2,1H3,(H,30,31,32). The predicted molar refractivity (Wildman–Crippen MR) is 134 cm³/mol. The largest absolute Gasteiger partial charge is 0.340 e. The molecule has 0 radical (unpaired) electrons. The van der Waals surface area contributed by atoms with Crippen LogP contribution in [-0.4, -0.2) is 33.4 Å². The normalized spacial score (nSPS) is 21.1. The van der Waals surface area contributed by atoms with Crippen LogP contribution in [0.3, 0.4) is 0 Å². The van der Waals surface area contributed by atoms with E-state index in [-0.39, 0.29) is 5.02 Å². The van der Waals surface area contributed by atoms with Gasteiger partial charge >= 0.3 is 0 Å². The summed E-state index contributed by atoms with van der Waals surface area (Å²) >= 11 is 5.95. The van der Waals surface area contributed by atoms with Gasteiger partial charge in [0.05, 0.1) is 10.5 Å². The van der Waals surface area contributed by atoms with Gasteiger partial charge in [-0.2, -0.15) is 0 Å². The van der Waals surface area contributed by atoms with E-state index in [1.54, 1.807) is 12.1 Å². The second kappa shape index (κ2) is 9.87. The first-order valence-electron chi connectivity index (χ1n) is 12.2. The lowest BCUT2D eigenvalue weighted by molar-refractivity contribution is -0.136. The summed E-state index contributed by atoms with van der Waals surface area (Å²) in [5.41, 5.74) is 4.09. The molecule has 2 aromatic carbocycles. The molecule has 1 aliphatic carbocycles. The Hall–Kier alpha value is -2.73. The Morgan fingerprint density at radius 3 is 2.71 bits per heavy atom. The zero-order chi connectivity index (χ0) is 23.7. The molecule has 1 N–H and O–H groups in total. The molecule has 34 heavy (non-hydrogen) atoms. The van der Waals surface area contributed by atoms with Gasteiger partial charge in [-0.05, 0) is 99.2 Å². The number of hydrogen-bond donors (Lipinski definition) is 1. The summed E-state index contributed by atoms with van der Waals surface area (Å²) in [6, 6.07) is 9.29. The van der Waals surface area contributed by atoms with Gasteiger partial charge in [-0.25, -0.2) is 14.4 Å². The Morgan fingerprint density at radius 1 is 1.12 bits per heavy atom. The van der Waals surface area contributed by atoms with Crippen molar-refractivity contribution in [2.45, 2.75) is 64.3 Å². The fourth-order valence-electron chi connectivity index (χ4n) is 5.47. The first-order chi connectivity index (χ1) is 16.5. The third kappa shape index (κ3) is 4.88. The lowest BCUT2D eigenvalue weighted by atomic mass is 9.80. The smallest absolute Gasteiger partial charge is 0.222 e. The number of hydrogen-bond acceptors (Lipinski definition) is 4. The Kier molecular flexibility index (Phi) is 6.68. The Morgan fingerprint density at radius 2 is 1.94 bits per heavy atom. The highest BCUT2D eigenvalue weighted by Crippen LogP contribution is 2.34. The molecule has 2 fully saturated rings. The van der Waals surface area contributed by atoms with Gasteiger partial charge < -0.3 is 10.2 Å². The molecule has 178 valence electrons. The highest BCUT2D eigenvalue weighted by molar-refractivity contribution is 6.31. The molecule has 1 amide bonds. The first-order valence-corrected chi connectivity index (χ1v) is 12.6. The van der Waals surface area contributed by atoms with Crippen LogP contribution in [0.15, 0.2) is 36.7 Å². The molecule has 3 aromatic rings. The summed E-state index contributed by atoms with van der Waals surface area (Å²) in [7, 11) is 0. The fraction of sp³-hybridized carbons (Fsp3) is 0.444. The molecule has 1 saturated carbocycles. The number of aromatic nitrogens is 2. The van der Waals surface area contributed by atoms with E-state index in [9.17, 15) is 9.18 Å². The van der Waals surface area contributed by atoms with Crippen molar-refractivity contribution in [3.63, 3.8) is 0 Å². The van der Waals surface area contributed by atoms with Crippen LogP contribution in [0.4, 0.5) is 15.9 Å². The van der Waals surface area contributed by atoms with Crippen LogP contribution in [0.1, 0.15) is 56.1 Å². The van der Waals surface area contributed by atoms with Gasteiger partial charge in [0.15, 0.2) is 0 Å². The van der Waals surface area contributed by atoms with Gasteiger partial charge in [0, 0.05) is 30.1 Å². The zero-order valence-corrected chi connectivity index (χ0v) is 20.2. The molecule has 0 spiro atoms. The minimum atomic E-state index is -0.447. The van der Waals surface area contributed by atoms with Crippen LogP contribution in [0.5, 0.6) is 0 Å². The third-order valence-electron chi connectivity index (χ3n) is 7.40. The number of nitrogens with zero attached hydrogens (tertiary/aromatic N) is 3. The minimum Gasteiger partial charge on any atom is -0.340 e. The summed E-state index contributed by atoms with van der Waals surface area (Å²) in [4.78, 5) is 23.4. The van der Waals surface area contributed by atoms with Crippen LogP contribution in [0, 0.1) is 18.7 Å². The number of carbonyl (C=O) groups is 1. The van der Waals surface area contributed by atoms with Crippen molar-refractivity contribution in [2.75, 3.05) is 11.9 Å². The van der Waals surface area contributed by atoms with E-state index in [1.165, 1.54) is 23.5 Å². The number of halogens is 2. The number of rotatable bonds is 5. The van der Waals surface area contributed by atoms with Gasteiger partial charge in [-0.1, -0.05) is 11.6 Å².